The molecule has 1 atom stereocenters. The van der Waals surface area contributed by atoms with Crippen molar-refractivity contribution in [2.75, 3.05) is 33.5 Å². The number of carbonyl (C=O) groups excluding carboxylic acids is 1. The van der Waals surface area contributed by atoms with Crippen LogP contribution in [0.15, 0.2) is 24.3 Å². The van der Waals surface area contributed by atoms with E-state index in [1.54, 1.807) is 7.11 Å². The number of aromatic nitrogens is 2. The molecule has 1 fully saturated rings. The Morgan fingerprint density at radius 1 is 1.37 bits per heavy atom. The molecule has 1 aromatic heterocycles. The van der Waals surface area contributed by atoms with Crippen LogP contribution in [0.1, 0.15) is 24.2 Å². The maximum atomic E-state index is 12.4. The molecule has 0 bridgehead atoms. The topological polar surface area (TPSA) is 76.7 Å². The van der Waals surface area contributed by atoms with E-state index in [4.69, 9.17) is 19.2 Å². The average molecular weight is 371 g/mol. The average Bonchev–Trinajstić information content (AvgIpc) is 3.37. The summed E-state index contributed by atoms with van der Waals surface area (Å²) in [6.45, 7) is 2.61. The van der Waals surface area contributed by atoms with E-state index in [0.717, 1.165) is 54.4 Å². The molecule has 1 unspecified atom stereocenters. The third kappa shape index (κ3) is 4.14. The van der Waals surface area contributed by atoms with Crippen molar-refractivity contribution >= 4 is 5.91 Å². The van der Waals surface area contributed by atoms with Gasteiger partial charge in [0.2, 0.25) is 5.91 Å². The number of H-pyrrole nitrogens is 1. The molecule has 7 heteroatoms. The SMILES string of the molecule is COc1ccc(-c2nc3c([nH]2)CN(C(=O)COCC2CCCO2)CC3)cc1. The summed E-state index contributed by atoms with van der Waals surface area (Å²) in [5.41, 5.74) is 3.03. The molecule has 27 heavy (non-hydrogen) atoms. The molecule has 0 spiro atoms. The molecule has 4 rings (SSSR count). The number of nitrogens with zero attached hydrogens (tertiary/aromatic N) is 2. The van der Waals surface area contributed by atoms with Crippen LogP contribution in [0.3, 0.4) is 0 Å². The number of rotatable bonds is 6. The Bertz CT molecular complexity index is 781. The van der Waals surface area contributed by atoms with Crippen LogP contribution < -0.4 is 4.74 Å². The fourth-order valence-electron chi connectivity index (χ4n) is 3.54. The molecule has 0 radical (unpaired) electrons. The quantitative estimate of drug-likeness (QED) is 0.842. The number of benzene rings is 1. The summed E-state index contributed by atoms with van der Waals surface area (Å²) >= 11 is 0. The summed E-state index contributed by atoms with van der Waals surface area (Å²) in [7, 11) is 1.65. The van der Waals surface area contributed by atoms with Gasteiger partial charge in [0.25, 0.3) is 0 Å². The zero-order valence-corrected chi connectivity index (χ0v) is 15.6. The Labute approximate surface area is 158 Å². The highest BCUT2D eigenvalue weighted by Gasteiger charge is 2.24. The van der Waals surface area contributed by atoms with Crippen molar-refractivity contribution in [3.05, 3.63) is 35.7 Å². The molecule has 2 aromatic rings. The number of methoxy groups -OCH3 is 1. The minimum absolute atomic E-state index is 0.0132. The van der Waals surface area contributed by atoms with Gasteiger partial charge in [-0.3, -0.25) is 4.79 Å². The lowest BCUT2D eigenvalue weighted by Gasteiger charge is -2.26. The molecule has 1 aromatic carbocycles. The molecular weight excluding hydrogens is 346 g/mol. The molecule has 2 aliphatic rings. The van der Waals surface area contributed by atoms with E-state index in [9.17, 15) is 4.79 Å². The molecule has 1 amide bonds. The second-order valence-corrected chi connectivity index (χ2v) is 6.95. The number of carbonyl (C=O) groups is 1. The molecule has 1 N–H and O–H groups in total. The molecule has 3 heterocycles. The highest BCUT2D eigenvalue weighted by Crippen LogP contribution is 2.24. The van der Waals surface area contributed by atoms with Gasteiger partial charge in [-0.15, -0.1) is 0 Å². The summed E-state index contributed by atoms with van der Waals surface area (Å²) in [5.74, 6) is 1.65. The van der Waals surface area contributed by atoms with Crippen molar-refractivity contribution in [1.29, 1.82) is 0 Å². The van der Waals surface area contributed by atoms with Crippen molar-refractivity contribution in [1.82, 2.24) is 14.9 Å². The van der Waals surface area contributed by atoms with Crippen molar-refractivity contribution < 1.29 is 19.0 Å². The fourth-order valence-corrected chi connectivity index (χ4v) is 3.54. The van der Waals surface area contributed by atoms with E-state index in [-0.39, 0.29) is 18.6 Å². The molecule has 0 aliphatic carbocycles. The first-order valence-electron chi connectivity index (χ1n) is 9.42. The third-order valence-corrected chi connectivity index (χ3v) is 5.10. The normalized spacial score (nSPS) is 19.1. The maximum Gasteiger partial charge on any atom is 0.248 e. The number of nitrogens with one attached hydrogen (secondary N) is 1. The van der Waals surface area contributed by atoms with E-state index in [1.165, 1.54) is 0 Å². The third-order valence-electron chi connectivity index (χ3n) is 5.10. The number of imidazole rings is 1. The monoisotopic (exact) mass is 371 g/mol. The highest BCUT2D eigenvalue weighted by atomic mass is 16.5. The molecule has 0 saturated carbocycles. The second kappa shape index (κ2) is 8.10. The summed E-state index contributed by atoms with van der Waals surface area (Å²) < 4.78 is 16.3. The van der Waals surface area contributed by atoms with Crippen LogP contribution in [0.2, 0.25) is 0 Å². The van der Waals surface area contributed by atoms with Crippen molar-refractivity contribution in [3.63, 3.8) is 0 Å². The second-order valence-electron chi connectivity index (χ2n) is 6.95. The number of amides is 1. The Morgan fingerprint density at radius 2 is 2.22 bits per heavy atom. The number of hydrogen-bond acceptors (Lipinski definition) is 5. The zero-order chi connectivity index (χ0) is 18.6. The first kappa shape index (κ1) is 18.0. The summed E-state index contributed by atoms with van der Waals surface area (Å²) in [5, 5.41) is 0. The van der Waals surface area contributed by atoms with Gasteiger partial charge in [-0.1, -0.05) is 0 Å². The van der Waals surface area contributed by atoms with Gasteiger partial charge >= 0.3 is 0 Å². The highest BCUT2D eigenvalue weighted by molar-refractivity contribution is 5.77. The lowest BCUT2D eigenvalue weighted by atomic mass is 10.1. The summed E-state index contributed by atoms with van der Waals surface area (Å²) in [6.07, 6.45) is 2.99. The van der Waals surface area contributed by atoms with Crippen LogP contribution in [-0.2, 0) is 27.2 Å². The molecule has 144 valence electrons. The number of ether oxygens (including phenoxy) is 3. The molecule has 2 aliphatic heterocycles. The van der Waals surface area contributed by atoms with Gasteiger partial charge < -0.3 is 24.1 Å². The number of hydrogen-bond donors (Lipinski definition) is 1. The van der Waals surface area contributed by atoms with Crippen LogP contribution in [0.5, 0.6) is 5.75 Å². The maximum absolute atomic E-state index is 12.4. The number of aromatic amines is 1. The Kier molecular flexibility index (Phi) is 5.40. The van der Waals surface area contributed by atoms with E-state index >= 15 is 0 Å². The largest absolute Gasteiger partial charge is 0.497 e. The van der Waals surface area contributed by atoms with Gasteiger partial charge in [-0.25, -0.2) is 4.98 Å². The fraction of sp³-hybridized carbons (Fsp3) is 0.500. The van der Waals surface area contributed by atoms with Crippen molar-refractivity contribution in [3.8, 4) is 17.1 Å². The predicted octanol–water partition coefficient (Wildman–Crippen LogP) is 2.17. The van der Waals surface area contributed by atoms with Gasteiger partial charge in [0.05, 0.1) is 37.8 Å². The molecule has 1 saturated heterocycles. The van der Waals surface area contributed by atoms with Crippen molar-refractivity contribution in [2.45, 2.75) is 31.9 Å². The first-order valence-corrected chi connectivity index (χ1v) is 9.42. The van der Waals surface area contributed by atoms with E-state index in [2.05, 4.69) is 4.98 Å². The zero-order valence-electron chi connectivity index (χ0n) is 15.6. The minimum atomic E-state index is 0.0132. The Hall–Kier alpha value is -2.38. The molecular formula is C20H25N3O4. The van der Waals surface area contributed by atoms with E-state index in [1.807, 2.05) is 29.2 Å². The van der Waals surface area contributed by atoms with Crippen LogP contribution in [0, 0.1) is 0 Å². The Balaban J connectivity index is 1.34. The van der Waals surface area contributed by atoms with Crippen LogP contribution >= 0.6 is 0 Å². The van der Waals surface area contributed by atoms with Crippen LogP contribution in [0.4, 0.5) is 0 Å². The number of fused-ring (bicyclic) bond motifs is 1. The minimum Gasteiger partial charge on any atom is -0.497 e. The van der Waals surface area contributed by atoms with Gasteiger partial charge in [0.1, 0.15) is 18.2 Å². The van der Waals surface area contributed by atoms with Gasteiger partial charge in [0, 0.05) is 25.1 Å². The van der Waals surface area contributed by atoms with Gasteiger partial charge in [0.15, 0.2) is 0 Å². The van der Waals surface area contributed by atoms with Crippen molar-refractivity contribution in [2.24, 2.45) is 0 Å². The summed E-state index contributed by atoms with van der Waals surface area (Å²) in [6, 6.07) is 7.78. The molecule has 7 nitrogen and oxygen atoms in total. The Morgan fingerprint density at radius 3 is 2.96 bits per heavy atom. The standard InChI is InChI=1S/C20H25N3O4/c1-25-15-6-4-14(5-7-15)20-21-17-8-9-23(11-18(17)22-20)19(24)13-26-12-16-3-2-10-27-16/h4-7,16H,2-3,8-13H2,1H3,(H,21,22). The smallest absolute Gasteiger partial charge is 0.248 e. The lowest BCUT2D eigenvalue weighted by molar-refractivity contribution is -0.138. The predicted molar refractivity (Wildman–Crippen MR) is 99.5 cm³/mol. The van der Waals surface area contributed by atoms with Gasteiger partial charge in [-0.2, -0.15) is 0 Å². The van der Waals surface area contributed by atoms with E-state index < -0.39 is 0 Å². The van der Waals surface area contributed by atoms with E-state index in [0.29, 0.717) is 19.7 Å². The van der Waals surface area contributed by atoms with Gasteiger partial charge in [-0.05, 0) is 37.1 Å². The lowest BCUT2D eigenvalue weighted by Crippen LogP contribution is -2.38. The first-order chi connectivity index (χ1) is 13.2. The summed E-state index contributed by atoms with van der Waals surface area (Å²) in [4.78, 5) is 22.3. The van der Waals surface area contributed by atoms with Crippen LogP contribution in [-0.4, -0.2) is 60.4 Å². The van der Waals surface area contributed by atoms with Crippen LogP contribution in [0.25, 0.3) is 11.4 Å².